The molecule has 0 saturated carbocycles. The van der Waals surface area contributed by atoms with E-state index in [0.717, 1.165) is 11.1 Å². The lowest BCUT2D eigenvalue weighted by molar-refractivity contribution is -0.231. The average Bonchev–Trinajstić information content (AvgIpc) is 3.09. The summed E-state index contributed by atoms with van der Waals surface area (Å²) in [6.45, 7) is 13.9. The van der Waals surface area contributed by atoms with E-state index in [1.807, 2.05) is 57.2 Å². The number of ether oxygens (including phenoxy) is 4. The number of benzene rings is 1. The lowest BCUT2D eigenvalue weighted by Gasteiger charge is -2.36. The summed E-state index contributed by atoms with van der Waals surface area (Å²) in [5, 5.41) is 0. The Morgan fingerprint density at radius 1 is 1.21 bits per heavy atom. The molecule has 0 unspecified atom stereocenters. The van der Waals surface area contributed by atoms with E-state index < -0.39 is 17.7 Å². The summed E-state index contributed by atoms with van der Waals surface area (Å²) < 4.78 is 25.0. The van der Waals surface area contributed by atoms with Crippen LogP contribution in [0.2, 0.25) is 0 Å². The minimum atomic E-state index is -0.722. The molecule has 4 atom stereocenters. The Morgan fingerprint density at radius 2 is 1.96 bits per heavy atom. The molecule has 0 aromatic heterocycles. The third-order valence-electron chi connectivity index (χ3n) is 4.91. The first-order valence-electron chi connectivity index (χ1n) is 9.66. The molecule has 2 aliphatic rings. The van der Waals surface area contributed by atoms with Gasteiger partial charge in [0, 0.05) is 6.42 Å². The van der Waals surface area contributed by atoms with Crippen LogP contribution < -0.4 is 0 Å². The van der Waals surface area contributed by atoms with E-state index in [4.69, 9.17) is 18.9 Å². The molecule has 0 N–H and O–H groups in total. The van der Waals surface area contributed by atoms with Gasteiger partial charge in [0.1, 0.15) is 17.8 Å². The molecular formula is C24H30O4. The van der Waals surface area contributed by atoms with E-state index in [2.05, 4.69) is 31.4 Å². The molecule has 4 heteroatoms. The van der Waals surface area contributed by atoms with Gasteiger partial charge >= 0.3 is 0 Å². The predicted octanol–water partition coefficient (Wildman–Crippen LogP) is 5.08. The van der Waals surface area contributed by atoms with Gasteiger partial charge in [-0.3, -0.25) is 0 Å². The third kappa shape index (κ3) is 4.53. The summed E-state index contributed by atoms with van der Waals surface area (Å²) in [6, 6.07) is 10.1. The van der Waals surface area contributed by atoms with Crippen LogP contribution in [-0.2, 0) is 25.6 Å². The van der Waals surface area contributed by atoms with Gasteiger partial charge in [0.2, 0.25) is 0 Å². The Morgan fingerprint density at radius 3 is 2.64 bits per heavy atom. The van der Waals surface area contributed by atoms with Crippen LogP contribution in [-0.4, -0.2) is 29.9 Å². The minimum absolute atomic E-state index is 0.324. The Kier molecular flexibility index (Phi) is 6.36. The first kappa shape index (κ1) is 20.7. The van der Waals surface area contributed by atoms with E-state index in [9.17, 15) is 0 Å². The molecule has 1 aromatic carbocycles. The standard InChI is InChI=1S/C24H30O4/c1-6-7-15-20-24(16-11-12-18(2)3,25-17-19-13-9-8-10-14-19)21-22(26-20)28-23(4,5)27-21/h6-15,20-22H,1-2,16-17H2,3-5H3/b12-11+,15-7+/t20-,21+,22-,24-/m1/s1. The quantitative estimate of drug-likeness (QED) is 0.587. The van der Waals surface area contributed by atoms with Crippen LogP contribution in [0.5, 0.6) is 0 Å². The maximum atomic E-state index is 6.58. The van der Waals surface area contributed by atoms with Crippen molar-refractivity contribution in [2.24, 2.45) is 0 Å². The van der Waals surface area contributed by atoms with Gasteiger partial charge < -0.3 is 18.9 Å². The number of allylic oxidation sites excluding steroid dienone is 4. The molecule has 150 valence electrons. The highest BCUT2D eigenvalue weighted by Crippen LogP contribution is 2.47. The van der Waals surface area contributed by atoms with Gasteiger partial charge in [0.15, 0.2) is 12.1 Å². The van der Waals surface area contributed by atoms with Gasteiger partial charge in [-0.15, -0.1) is 0 Å². The Bertz CT molecular complexity index is 749. The number of rotatable bonds is 8. The largest absolute Gasteiger partial charge is 0.364 e. The molecule has 0 bridgehead atoms. The second kappa shape index (κ2) is 8.58. The van der Waals surface area contributed by atoms with Crippen LogP contribution in [0, 0.1) is 0 Å². The van der Waals surface area contributed by atoms with E-state index in [-0.39, 0.29) is 12.2 Å². The smallest absolute Gasteiger partial charge is 0.190 e. The van der Waals surface area contributed by atoms with Crippen molar-refractivity contribution < 1.29 is 18.9 Å². The average molecular weight is 383 g/mol. The lowest BCUT2D eigenvalue weighted by Crippen LogP contribution is -2.50. The number of hydrogen-bond donors (Lipinski definition) is 0. The fourth-order valence-electron chi connectivity index (χ4n) is 3.66. The van der Waals surface area contributed by atoms with Crippen LogP contribution >= 0.6 is 0 Å². The molecule has 28 heavy (non-hydrogen) atoms. The normalized spacial score (nSPS) is 31.5. The van der Waals surface area contributed by atoms with Crippen LogP contribution in [0.15, 0.2) is 79.4 Å². The van der Waals surface area contributed by atoms with Gasteiger partial charge in [-0.2, -0.15) is 0 Å². The van der Waals surface area contributed by atoms with Gasteiger partial charge in [-0.05, 0) is 26.3 Å². The number of hydrogen-bond acceptors (Lipinski definition) is 4. The van der Waals surface area contributed by atoms with Crippen molar-refractivity contribution in [1.29, 1.82) is 0 Å². The summed E-state index contributed by atoms with van der Waals surface area (Å²) in [4.78, 5) is 0. The maximum Gasteiger partial charge on any atom is 0.190 e. The highest BCUT2D eigenvalue weighted by molar-refractivity contribution is 5.21. The minimum Gasteiger partial charge on any atom is -0.364 e. The molecule has 2 heterocycles. The van der Waals surface area contributed by atoms with Gasteiger partial charge in [0.25, 0.3) is 0 Å². The molecule has 3 rings (SSSR count). The van der Waals surface area contributed by atoms with E-state index >= 15 is 0 Å². The molecular weight excluding hydrogens is 352 g/mol. The second-order valence-corrected chi connectivity index (χ2v) is 7.78. The zero-order valence-corrected chi connectivity index (χ0v) is 17.0. The SMILES string of the molecule is C=C/C=C/[C@H]1O[C@@H]2OC(C)(C)O[C@@H]2[C@]1(C/C=C/C(=C)C)OCc1ccccc1. The highest BCUT2D eigenvalue weighted by atomic mass is 16.8. The van der Waals surface area contributed by atoms with Crippen LogP contribution in [0.3, 0.4) is 0 Å². The molecule has 0 radical (unpaired) electrons. The van der Waals surface area contributed by atoms with Crippen LogP contribution in [0.4, 0.5) is 0 Å². The highest BCUT2D eigenvalue weighted by Gasteiger charge is 2.63. The fraction of sp³-hybridized carbons (Fsp3) is 0.417. The van der Waals surface area contributed by atoms with Crippen molar-refractivity contribution in [1.82, 2.24) is 0 Å². The predicted molar refractivity (Wildman–Crippen MR) is 111 cm³/mol. The third-order valence-corrected chi connectivity index (χ3v) is 4.91. The van der Waals surface area contributed by atoms with Crippen molar-refractivity contribution in [3.05, 3.63) is 85.0 Å². The summed E-state index contributed by atoms with van der Waals surface area (Å²) in [6.07, 6.45) is 9.09. The molecule has 4 nitrogen and oxygen atoms in total. The van der Waals surface area contributed by atoms with Crippen molar-refractivity contribution >= 4 is 0 Å². The van der Waals surface area contributed by atoms with Gasteiger partial charge in [-0.1, -0.05) is 79.4 Å². The summed E-state index contributed by atoms with van der Waals surface area (Å²) in [5.74, 6) is -0.720. The topological polar surface area (TPSA) is 36.9 Å². The molecule has 2 saturated heterocycles. The molecule has 0 aliphatic carbocycles. The van der Waals surface area contributed by atoms with E-state index in [1.165, 1.54) is 0 Å². The first-order valence-corrected chi connectivity index (χ1v) is 9.66. The molecule has 2 fully saturated rings. The van der Waals surface area contributed by atoms with Crippen molar-refractivity contribution in [3.63, 3.8) is 0 Å². The Balaban J connectivity index is 1.94. The van der Waals surface area contributed by atoms with Crippen LogP contribution in [0.25, 0.3) is 0 Å². The van der Waals surface area contributed by atoms with Gasteiger partial charge in [0.05, 0.1) is 6.61 Å². The second-order valence-electron chi connectivity index (χ2n) is 7.78. The fourth-order valence-corrected chi connectivity index (χ4v) is 3.66. The zero-order valence-electron chi connectivity index (χ0n) is 17.0. The van der Waals surface area contributed by atoms with Gasteiger partial charge in [-0.25, -0.2) is 0 Å². The Hall–Kier alpha value is -1.98. The summed E-state index contributed by atoms with van der Waals surface area (Å²) in [7, 11) is 0. The number of fused-ring (bicyclic) bond motifs is 1. The summed E-state index contributed by atoms with van der Waals surface area (Å²) in [5.41, 5.74) is 1.36. The van der Waals surface area contributed by atoms with Crippen molar-refractivity contribution in [2.75, 3.05) is 0 Å². The lowest BCUT2D eigenvalue weighted by atomic mass is 9.87. The zero-order chi connectivity index (χ0) is 20.2. The monoisotopic (exact) mass is 382 g/mol. The first-order chi connectivity index (χ1) is 13.4. The molecule has 0 spiro atoms. The van der Waals surface area contributed by atoms with Crippen molar-refractivity contribution in [2.45, 2.75) is 63.7 Å². The van der Waals surface area contributed by atoms with Crippen LogP contribution in [0.1, 0.15) is 32.8 Å². The summed E-state index contributed by atoms with van der Waals surface area (Å²) >= 11 is 0. The Labute approximate surface area is 168 Å². The molecule has 0 amide bonds. The van der Waals surface area contributed by atoms with E-state index in [1.54, 1.807) is 6.08 Å². The van der Waals surface area contributed by atoms with Crippen molar-refractivity contribution in [3.8, 4) is 0 Å². The molecule has 2 aliphatic heterocycles. The van der Waals surface area contributed by atoms with E-state index in [0.29, 0.717) is 13.0 Å². The maximum absolute atomic E-state index is 6.58. The molecule has 1 aromatic rings.